The lowest BCUT2D eigenvalue weighted by molar-refractivity contribution is 0.760. The van der Waals surface area contributed by atoms with Crippen molar-refractivity contribution >= 4 is 27.1 Å². The Labute approximate surface area is 240 Å². The molecule has 0 spiro atoms. The zero-order valence-electron chi connectivity index (χ0n) is 22.9. The minimum atomic E-state index is 0.437. The highest BCUT2D eigenvalue weighted by atomic mass is 14.3. The molecule has 1 nitrogen and oxygen atoms in total. The molecule has 41 heavy (non-hydrogen) atoms. The third-order valence-electron chi connectivity index (χ3n) is 8.90. The Morgan fingerprint density at radius 1 is 0.585 bits per heavy atom. The number of hydrogen-bond donors (Lipinski definition) is 0. The summed E-state index contributed by atoms with van der Waals surface area (Å²) in [6.07, 6.45) is 7.90. The maximum absolute atomic E-state index is 9.35. The van der Waals surface area contributed by atoms with Crippen LogP contribution in [-0.4, -0.2) is 0 Å². The van der Waals surface area contributed by atoms with Crippen molar-refractivity contribution in [3.63, 3.8) is 0 Å². The van der Waals surface area contributed by atoms with Gasteiger partial charge in [0.2, 0.25) is 0 Å². The van der Waals surface area contributed by atoms with E-state index in [9.17, 15) is 5.26 Å². The lowest BCUT2D eigenvalue weighted by Gasteiger charge is -2.25. The Bertz CT molecular complexity index is 2120. The highest BCUT2D eigenvalue weighted by Crippen LogP contribution is 2.58. The van der Waals surface area contributed by atoms with E-state index < -0.39 is 0 Å². The van der Waals surface area contributed by atoms with Gasteiger partial charge >= 0.3 is 0 Å². The minimum Gasteiger partial charge on any atom is -0.192 e. The molecular formula is C40H27N. The average molecular weight is 522 g/mol. The fourth-order valence-electron chi connectivity index (χ4n) is 7.06. The predicted molar refractivity (Wildman–Crippen MR) is 172 cm³/mol. The highest BCUT2D eigenvalue weighted by molar-refractivity contribution is 6.27. The van der Waals surface area contributed by atoms with E-state index >= 15 is 0 Å². The van der Waals surface area contributed by atoms with Crippen molar-refractivity contribution < 1.29 is 0 Å². The fraction of sp³-hybridized carbons (Fsp3) is 0.0750. The van der Waals surface area contributed by atoms with Crippen LogP contribution in [0.25, 0.3) is 71.6 Å². The second-order valence-corrected chi connectivity index (χ2v) is 11.2. The van der Waals surface area contributed by atoms with E-state index in [1.54, 1.807) is 0 Å². The molecule has 0 N–H and O–H groups in total. The maximum atomic E-state index is 9.35. The molecule has 2 aliphatic carbocycles. The van der Waals surface area contributed by atoms with E-state index in [0.717, 1.165) is 12.0 Å². The van der Waals surface area contributed by atoms with Gasteiger partial charge in [0.05, 0.1) is 11.6 Å². The van der Waals surface area contributed by atoms with Gasteiger partial charge in [-0.2, -0.15) is 5.26 Å². The summed E-state index contributed by atoms with van der Waals surface area (Å²) in [6.45, 7) is 2.35. The van der Waals surface area contributed by atoms with Gasteiger partial charge < -0.3 is 0 Å². The smallest absolute Gasteiger partial charge is 0.0991 e. The van der Waals surface area contributed by atoms with Gasteiger partial charge in [0, 0.05) is 0 Å². The van der Waals surface area contributed by atoms with Crippen LogP contribution in [0, 0.1) is 17.2 Å². The van der Waals surface area contributed by atoms with E-state index in [1.165, 1.54) is 71.6 Å². The van der Waals surface area contributed by atoms with Crippen LogP contribution in [-0.2, 0) is 0 Å². The number of nitriles is 1. The lowest BCUT2D eigenvalue weighted by Crippen LogP contribution is -2.04. The molecule has 6 aromatic rings. The minimum absolute atomic E-state index is 0.437. The summed E-state index contributed by atoms with van der Waals surface area (Å²) in [5.41, 5.74) is 13.6. The van der Waals surface area contributed by atoms with Crippen LogP contribution in [0.4, 0.5) is 0 Å². The first-order valence-electron chi connectivity index (χ1n) is 14.3. The Morgan fingerprint density at radius 2 is 1.24 bits per heavy atom. The standard InChI is InChI=1S/C40H27N/c1-25-10-5-6-13-29(25)38-33-15-8-7-14-32(33)36(28-11-3-2-4-12-28)39-34-17-9-16-31-30(22-23-35(37(31)34)40(38)39)27-20-18-26(24-41)19-21-27/h2-9,11-23,25H,10H2,1H3. The topological polar surface area (TPSA) is 23.8 Å². The van der Waals surface area contributed by atoms with Crippen molar-refractivity contribution in [2.45, 2.75) is 13.3 Å². The van der Waals surface area contributed by atoms with Gasteiger partial charge in [0.25, 0.3) is 0 Å². The van der Waals surface area contributed by atoms with E-state index in [-0.39, 0.29) is 0 Å². The van der Waals surface area contributed by atoms with Gasteiger partial charge in [-0.05, 0) is 102 Å². The molecule has 192 valence electrons. The molecule has 0 fully saturated rings. The van der Waals surface area contributed by atoms with Gasteiger partial charge in [-0.15, -0.1) is 0 Å². The molecule has 8 rings (SSSR count). The number of fused-ring (bicyclic) bond motifs is 4. The van der Waals surface area contributed by atoms with Crippen molar-refractivity contribution in [3.8, 4) is 50.6 Å². The molecular weight excluding hydrogens is 494 g/mol. The normalized spacial score (nSPS) is 15.1. The van der Waals surface area contributed by atoms with Gasteiger partial charge in [-0.1, -0.05) is 122 Å². The first-order valence-corrected chi connectivity index (χ1v) is 14.3. The summed E-state index contributed by atoms with van der Waals surface area (Å²) in [7, 11) is 0. The number of allylic oxidation sites excluding steroid dienone is 4. The summed E-state index contributed by atoms with van der Waals surface area (Å²) in [5, 5.41) is 14.5. The van der Waals surface area contributed by atoms with Gasteiger partial charge in [0.1, 0.15) is 0 Å². The SMILES string of the molecule is CC1CC=CC=C1c1c2c(c(-c3ccccc3)c3ccccc13)-c1cccc3c(-c4ccc(C#N)cc4)ccc-2c13. The number of hydrogen-bond acceptors (Lipinski definition) is 1. The van der Waals surface area contributed by atoms with Crippen LogP contribution in [0.3, 0.4) is 0 Å². The molecule has 0 heterocycles. The largest absolute Gasteiger partial charge is 0.192 e. The molecule has 0 amide bonds. The Kier molecular flexibility index (Phi) is 5.31. The second kappa shape index (κ2) is 9.19. The first-order chi connectivity index (χ1) is 20.2. The Hall–Kier alpha value is -5.19. The number of rotatable bonds is 3. The predicted octanol–water partition coefficient (Wildman–Crippen LogP) is 10.8. The molecule has 6 aromatic carbocycles. The van der Waals surface area contributed by atoms with E-state index in [1.807, 2.05) is 12.1 Å². The maximum Gasteiger partial charge on any atom is 0.0991 e. The fourth-order valence-corrected chi connectivity index (χ4v) is 7.06. The summed E-state index contributed by atoms with van der Waals surface area (Å²) in [6, 6.07) is 41.5. The van der Waals surface area contributed by atoms with Crippen molar-refractivity contribution in [3.05, 3.63) is 139 Å². The first kappa shape index (κ1) is 23.7. The van der Waals surface area contributed by atoms with Gasteiger partial charge in [-0.3, -0.25) is 0 Å². The van der Waals surface area contributed by atoms with Crippen molar-refractivity contribution in [2.24, 2.45) is 5.92 Å². The quantitative estimate of drug-likeness (QED) is 0.227. The molecule has 1 unspecified atom stereocenters. The van der Waals surface area contributed by atoms with Crippen LogP contribution in [0.2, 0.25) is 0 Å². The molecule has 0 saturated heterocycles. The van der Waals surface area contributed by atoms with Crippen LogP contribution >= 0.6 is 0 Å². The second-order valence-electron chi connectivity index (χ2n) is 11.2. The molecule has 2 aliphatic rings. The lowest BCUT2D eigenvalue weighted by atomic mass is 9.78. The molecule has 0 saturated carbocycles. The zero-order valence-corrected chi connectivity index (χ0v) is 22.9. The van der Waals surface area contributed by atoms with Crippen molar-refractivity contribution in [1.29, 1.82) is 5.26 Å². The summed E-state index contributed by atoms with van der Waals surface area (Å²) >= 11 is 0. The number of nitrogens with zero attached hydrogens (tertiary/aromatic N) is 1. The van der Waals surface area contributed by atoms with E-state index in [4.69, 9.17) is 0 Å². The molecule has 1 atom stereocenters. The summed E-state index contributed by atoms with van der Waals surface area (Å²) < 4.78 is 0. The third kappa shape index (κ3) is 3.48. The van der Waals surface area contributed by atoms with Crippen molar-refractivity contribution in [1.82, 2.24) is 0 Å². The van der Waals surface area contributed by atoms with Gasteiger partial charge in [-0.25, -0.2) is 0 Å². The summed E-state index contributed by atoms with van der Waals surface area (Å²) in [4.78, 5) is 0. The molecule has 0 aliphatic heterocycles. The van der Waals surface area contributed by atoms with E-state index in [2.05, 4.69) is 128 Å². The van der Waals surface area contributed by atoms with Crippen LogP contribution < -0.4 is 0 Å². The monoisotopic (exact) mass is 521 g/mol. The molecule has 0 bridgehead atoms. The van der Waals surface area contributed by atoms with Crippen LogP contribution in [0.1, 0.15) is 24.5 Å². The summed E-state index contributed by atoms with van der Waals surface area (Å²) in [5.74, 6) is 0.437. The number of benzene rings is 6. The van der Waals surface area contributed by atoms with Crippen molar-refractivity contribution in [2.75, 3.05) is 0 Å². The zero-order chi connectivity index (χ0) is 27.5. The third-order valence-corrected chi connectivity index (χ3v) is 8.90. The van der Waals surface area contributed by atoms with Crippen LogP contribution in [0.15, 0.2) is 127 Å². The Morgan fingerprint density at radius 3 is 2.00 bits per heavy atom. The Balaban J connectivity index is 1.54. The highest BCUT2D eigenvalue weighted by Gasteiger charge is 2.32. The van der Waals surface area contributed by atoms with Gasteiger partial charge in [0.15, 0.2) is 0 Å². The molecule has 0 radical (unpaired) electrons. The molecule has 0 aromatic heterocycles. The van der Waals surface area contributed by atoms with Crippen LogP contribution in [0.5, 0.6) is 0 Å². The average Bonchev–Trinajstić information content (AvgIpc) is 3.36. The van der Waals surface area contributed by atoms with E-state index in [0.29, 0.717) is 11.5 Å². The molecule has 1 heteroatoms.